The number of halogens is 2. The first kappa shape index (κ1) is 10.4. The number of aliphatic hydroxyl groups is 1. The lowest BCUT2D eigenvalue weighted by Gasteiger charge is -2.18. The predicted octanol–water partition coefficient (Wildman–Crippen LogP) is 1.78. The second-order valence-corrected chi connectivity index (χ2v) is 3.88. The first-order valence-electron chi connectivity index (χ1n) is 5.01. The van der Waals surface area contributed by atoms with Gasteiger partial charge in [-0.1, -0.05) is 0 Å². The topological polar surface area (TPSA) is 23.5 Å². The minimum atomic E-state index is -0.823. The third kappa shape index (κ3) is 2.09. The summed E-state index contributed by atoms with van der Waals surface area (Å²) in [6.45, 7) is 1.65. The van der Waals surface area contributed by atoms with Crippen molar-refractivity contribution in [1.29, 1.82) is 0 Å². The van der Waals surface area contributed by atoms with E-state index in [1.807, 2.05) is 4.90 Å². The van der Waals surface area contributed by atoms with E-state index in [2.05, 4.69) is 0 Å². The molecular weight excluding hydrogens is 200 g/mol. The standard InChI is InChI=1S/C11H13F2NO/c12-10-2-1-9(5-11(10)13)14-4-3-8(6-14)7-15/h1-2,5,8,15H,3-4,6-7H2. The van der Waals surface area contributed by atoms with Gasteiger partial charge in [-0.15, -0.1) is 0 Å². The Balaban J connectivity index is 2.13. The third-order valence-corrected chi connectivity index (χ3v) is 2.81. The summed E-state index contributed by atoms with van der Waals surface area (Å²) in [6.07, 6.45) is 0.898. The van der Waals surface area contributed by atoms with Gasteiger partial charge in [-0.2, -0.15) is 0 Å². The van der Waals surface area contributed by atoms with Gasteiger partial charge in [0, 0.05) is 37.4 Å². The Morgan fingerprint density at radius 2 is 2.13 bits per heavy atom. The zero-order valence-electron chi connectivity index (χ0n) is 8.29. The van der Waals surface area contributed by atoms with Crippen LogP contribution in [0.25, 0.3) is 0 Å². The molecule has 0 aromatic heterocycles. The fourth-order valence-corrected chi connectivity index (χ4v) is 1.90. The van der Waals surface area contributed by atoms with E-state index >= 15 is 0 Å². The molecule has 1 unspecified atom stereocenters. The van der Waals surface area contributed by atoms with Crippen molar-refractivity contribution in [2.75, 3.05) is 24.6 Å². The van der Waals surface area contributed by atoms with E-state index in [-0.39, 0.29) is 12.5 Å². The summed E-state index contributed by atoms with van der Waals surface area (Å²) in [6, 6.07) is 3.91. The van der Waals surface area contributed by atoms with Crippen molar-refractivity contribution in [1.82, 2.24) is 0 Å². The maximum Gasteiger partial charge on any atom is 0.160 e. The number of hydrogen-bond acceptors (Lipinski definition) is 2. The SMILES string of the molecule is OCC1CCN(c2ccc(F)c(F)c2)C1. The summed E-state index contributed by atoms with van der Waals surface area (Å²) < 4.78 is 25.7. The molecule has 0 radical (unpaired) electrons. The molecule has 82 valence electrons. The fraction of sp³-hybridized carbons (Fsp3) is 0.455. The van der Waals surface area contributed by atoms with Gasteiger partial charge in [-0.25, -0.2) is 8.78 Å². The van der Waals surface area contributed by atoms with Crippen LogP contribution in [0.2, 0.25) is 0 Å². The van der Waals surface area contributed by atoms with Gasteiger partial charge >= 0.3 is 0 Å². The van der Waals surface area contributed by atoms with Crippen LogP contribution in [0.5, 0.6) is 0 Å². The summed E-state index contributed by atoms with van der Waals surface area (Å²) in [5.41, 5.74) is 0.685. The molecule has 2 rings (SSSR count). The molecule has 1 fully saturated rings. The van der Waals surface area contributed by atoms with Crippen LogP contribution in [0.15, 0.2) is 18.2 Å². The molecule has 1 saturated heterocycles. The average molecular weight is 213 g/mol. The van der Waals surface area contributed by atoms with Gasteiger partial charge in [0.25, 0.3) is 0 Å². The average Bonchev–Trinajstić information content (AvgIpc) is 2.70. The van der Waals surface area contributed by atoms with E-state index < -0.39 is 11.6 Å². The lowest BCUT2D eigenvalue weighted by molar-refractivity contribution is 0.238. The molecular formula is C11H13F2NO. The number of aliphatic hydroxyl groups excluding tert-OH is 1. The lowest BCUT2D eigenvalue weighted by atomic mass is 10.1. The van der Waals surface area contributed by atoms with Crippen molar-refractivity contribution >= 4 is 5.69 Å². The minimum Gasteiger partial charge on any atom is -0.396 e. The molecule has 1 atom stereocenters. The van der Waals surface area contributed by atoms with Crippen molar-refractivity contribution in [2.24, 2.45) is 5.92 Å². The molecule has 1 aromatic rings. The highest BCUT2D eigenvalue weighted by Gasteiger charge is 2.22. The normalized spacial score (nSPS) is 21.0. The number of nitrogens with zero attached hydrogens (tertiary/aromatic N) is 1. The van der Waals surface area contributed by atoms with Gasteiger partial charge in [0.15, 0.2) is 11.6 Å². The molecule has 1 aliphatic rings. The monoisotopic (exact) mass is 213 g/mol. The smallest absolute Gasteiger partial charge is 0.160 e. The summed E-state index contributed by atoms with van der Waals surface area (Å²) in [5.74, 6) is -1.39. The van der Waals surface area contributed by atoms with Crippen molar-refractivity contribution in [3.05, 3.63) is 29.8 Å². The second-order valence-electron chi connectivity index (χ2n) is 3.88. The molecule has 0 amide bonds. The zero-order valence-corrected chi connectivity index (χ0v) is 8.29. The lowest BCUT2D eigenvalue weighted by Crippen LogP contribution is -2.20. The van der Waals surface area contributed by atoms with Crippen LogP contribution in [-0.4, -0.2) is 24.8 Å². The molecule has 0 bridgehead atoms. The number of anilines is 1. The Labute approximate surface area is 87.1 Å². The van der Waals surface area contributed by atoms with Gasteiger partial charge < -0.3 is 10.0 Å². The summed E-state index contributed by atoms with van der Waals surface area (Å²) in [7, 11) is 0. The Morgan fingerprint density at radius 1 is 1.33 bits per heavy atom. The third-order valence-electron chi connectivity index (χ3n) is 2.81. The Kier molecular flexibility index (Phi) is 2.86. The van der Waals surface area contributed by atoms with E-state index in [0.717, 1.165) is 19.0 Å². The first-order valence-corrected chi connectivity index (χ1v) is 5.01. The minimum absolute atomic E-state index is 0.153. The first-order chi connectivity index (χ1) is 7.20. The van der Waals surface area contributed by atoms with Crippen molar-refractivity contribution in [3.8, 4) is 0 Å². The molecule has 2 nitrogen and oxygen atoms in total. The van der Waals surface area contributed by atoms with Gasteiger partial charge in [0.05, 0.1) is 0 Å². The summed E-state index contributed by atoms with van der Waals surface area (Å²) in [5, 5.41) is 8.97. The molecule has 4 heteroatoms. The van der Waals surface area contributed by atoms with E-state index in [9.17, 15) is 8.78 Å². The van der Waals surface area contributed by atoms with E-state index in [0.29, 0.717) is 12.2 Å². The number of hydrogen-bond donors (Lipinski definition) is 1. The Morgan fingerprint density at radius 3 is 2.73 bits per heavy atom. The van der Waals surface area contributed by atoms with Crippen LogP contribution in [-0.2, 0) is 0 Å². The van der Waals surface area contributed by atoms with Crippen molar-refractivity contribution in [3.63, 3.8) is 0 Å². The molecule has 15 heavy (non-hydrogen) atoms. The molecule has 1 heterocycles. The van der Waals surface area contributed by atoms with Crippen LogP contribution in [0, 0.1) is 17.6 Å². The van der Waals surface area contributed by atoms with Crippen LogP contribution in [0.1, 0.15) is 6.42 Å². The second kappa shape index (κ2) is 4.14. The summed E-state index contributed by atoms with van der Waals surface area (Å²) >= 11 is 0. The maximum atomic E-state index is 13.0. The maximum absolute atomic E-state index is 13.0. The van der Waals surface area contributed by atoms with Gasteiger partial charge in [0.1, 0.15) is 0 Å². The molecule has 0 saturated carbocycles. The van der Waals surface area contributed by atoms with E-state index in [1.165, 1.54) is 6.07 Å². The highest BCUT2D eigenvalue weighted by atomic mass is 19.2. The number of benzene rings is 1. The predicted molar refractivity (Wildman–Crippen MR) is 53.8 cm³/mol. The molecule has 1 aliphatic heterocycles. The van der Waals surface area contributed by atoms with Gasteiger partial charge in [-0.3, -0.25) is 0 Å². The van der Waals surface area contributed by atoms with Gasteiger partial charge in [-0.05, 0) is 18.6 Å². The largest absolute Gasteiger partial charge is 0.396 e. The van der Waals surface area contributed by atoms with Crippen molar-refractivity contribution < 1.29 is 13.9 Å². The Bertz CT molecular complexity index is 356. The fourth-order valence-electron chi connectivity index (χ4n) is 1.90. The van der Waals surface area contributed by atoms with E-state index in [1.54, 1.807) is 6.07 Å². The molecule has 0 spiro atoms. The van der Waals surface area contributed by atoms with E-state index in [4.69, 9.17) is 5.11 Å². The quantitative estimate of drug-likeness (QED) is 0.809. The van der Waals surface area contributed by atoms with Crippen LogP contribution < -0.4 is 4.90 Å². The van der Waals surface area contributed by atoms with Crippen LogP contribution in [0.3, 0.4) is 0 Å². The zero-order chi connectivity index (χ0) is 10.8. The van der Waals surface area contributed by atoms with Crippen molar-refractivity contribution in [2.45, 2.75) is 6.42 Å². The highest BCUT2D eigenvalue weighted by Crippen LogP contribution is 2.24. The van der Waals surface area contributed by atoms with Crippen LogP contribution >= 0.6 is 0 Å². The molecule has 0 aliphatic carbocycles. The highest BCUT2D eigenvalue weighted by molar-refractivity contribution is 5.47. The molecule has 1 N–H and O–H groups in total. The summed E-state index contributed by atoms with van der Waals surface area (Å²) in [4.78, 5) is 1.96. The van der Waals surface area contributed by atoms with Gasteiger partial charge in [0.2, 0.25) is 0 Å². The Hall–Kier alpha value is -1.16. The number of rotatable bonds is 2. The van der Waals surface area contributed by atoms with Crippen LogP contribution in [0.4, 0.5) is 14.5 Å². The molecule has 1 aromatic carbocycles.